The molecule has 0 aliphatic carbocycles. The van der Waals surface area contributed by atoms with Crippen LogP contribution in [0, 0.1) is 5.82 Å². The van der Waals surface area contributed by atoms with E-state index < -0.39 is 0 Å². The van der Waals surface area contributed by atoms with E-state index in [1.54, 1.807) is 31.2 Å². The Kier molecular flexibility index (Phi) is 3.60. The smallest absolute Gasteiger partial charge is 0.131 e. The molecular weight excluding hydrogens is 259 g/mol. The van der Waals surface area contributed by atoms with Crippen LogP contribution in [0.25, 0.3) is 10.4 Å². The van der Waals surface area contributed by atoms with Gasteiger partial charge in [0, 0.05) is 16.4 Å². The molecular formula is C13H10ClFOS. The molecule has 0 fully saturated rings. The Hall–Kier alpha value is -1.19. The van der Waals surface area contributed by atoms with Gasteiger partial charge >= 0.3 is 0 Å². The summed E-state index contributed by atoms with van der Waals surface area (Å²) in [7, 11) is 0. The van der Waals surface area contributed by atoms with Crippen molar-refractivity contribution in [2.45, 2.75) is 12.8 Å². The molecule has 2 aromatic rings. The summed E-state index contributed by atoms with van der Waals surface area (Å²) in [6, 6.07) is 8.24. The van der Waals surface area contributed by atoms with Gasteiger partial charge in [0.2, 0.25) is 0 Å². The third-order valence-electron chi connectivity index (χ3n) is 2.56. The van der Waals surface area contributed by atoms with E-state index in [9.17, 15) is 9.18 Å². The predicted molar refractivity (Wildman–Crippen MR) is 69.2 cm³/mol. The predicted octanol–water partition coefficient (Wildman–Crippen LogP) is 4.51. The number of thiophene rings is 1. The third-order valence-corrected chi connectivity index (χ3v) is 3.82. The SMILES string of the molecule is CC(C=O)c1ccc(F)c(-c2ccc(Cl)s2)c1. The van der Waals surface area contributed by atoms with Gasteiger partial charge in [-0.15, -0.1) is 11.3 Å². The second-order valence-electron chi connectivity index (χ2n) is 3.77. The zero-order valence-corrected chi connectivity index (χ0v) is 10.7. The number of rotatable bonds is 3. The van der Waals surface area contributed by atoms with Crippen molar-refractivity contribution < 1.29 is 9.18 Å². The monoisotopic (exact) mass is 268 g/mol. The van der Waals surface area contributed by atoms with Crippen molar-refractivity contribution in [3.05, 3.63) is 46.0 Å². The molecule has 1 aromatic heterocycles. The van der Waals surface area contributed by atoms with E-state index in [1.165, 1.54) is 17.4 Å². The second kappa shape index (κ2) is 4.98. The highest BCUT2D eigenvalue weighted by atomic mass is 35.5. The molecule has 17 heavy (non-hydrogen) atoms. The molecule has 1 heterocycles. The van der Waals surface area contributed by atoms with Gasteiger partial charge in [-0.2, -0.15) is 0 Å². The Labute approximate surface area is 108 Å². The highest BCUT2D eigenvalue weighted by molar-refractivity contribution is 7.19. The fourth-order valence-electron chi connectivity index (χ4n) is 1.55. The van der Waals surface area contributed by atoms with Crippen LogP contribution in [0.1, 0.15) is 18.4 Å². The normalized spacial score (nSPS) is 12.4. The first-order valence-electron chi connectivity index (χ1n) is 5.12. The van der Waals surface area contributed by atoms with Crippen molar-refractivity contribution in [3.8, 4) is 10.4 Å². The fraction of sp³-hybridized carbons (Fsp3) is 0.154. The van der Waals surface area contributed by atoms with E-state index in [2.05, 4.69) is 0 Å². The Balaban J connectivity index is 2.49. The molecule has 0 radical (unpaired) electrons. The van der Waals surface area contributed by atoms with E-state index in [1.807, 2.05) is 0 Å². The van der Waals surface area contributed by atoms with Gasteiger partial charge in [0.1, 0.15) is 12.1 Å². The average molecular weight is 269 g/mol. The van der Waals surface area contributed by atoms with Crippen molar-refractivity contribution in [1.82, 2.24) is 0 Å². The number of halogens is 2. The van der Waals surface area contributed by atoms with Gasteiger partial charge in [-0.1, -0.05) is 24.6 Å². The maximum Gasteiger partial charge on any atom is 0.131 e. The summed E-state index contributed by atoms with van der Waals surface area (Å²) in [6.45, 7) is 1.78. The summed E-state index contributed by atoms with van der Waals surface area (Å²) in [4.78, 5) is 11.5. The van der Waals surface area contributed by atoms with Crippen molar-refractivity contribution in [2.75, 3.05) is 0 Å². The van der Waals surface area contributed by atoms with E-state index in [0.717, 1.165) is 16.7 Å². The quantitative estimate of drug-likeness (QED) is 0.749. The molecule has 88 valence electrons. The average Bonchev–Trinajstić information content (AvgIpc) is 2.75. The van der Waals surface area contributed by atoms with Gasteiger partial charge in [0.15, 0.2) is 0 Å². The van der Waals surface area contributed by atoms with E-state index >= 15 is 0 Å². The molecule has 2 rings (SSSR count). The number of benzene rings is 1. The van der Waals surface area contributed by atoms with Crippen LogP contribution >= 0.6 is 22.9 Å². The lowest BCUT2D eigenvalue weighted by atomic mass is 9.99. The van der Waals surface area contributed by atoms with Crippen LogP contribution in [0.5, 0.6) is 0 Å². The summed E-state index contributed by atoms with van der Waals surface area (Å²) in [5.74, 6) is -0.532. The van der Waals surface area contributed by atoms with Crippen LogP contribution in [0.4, 0.5) is 4.39 Å². The summed E-state index contributed by atoms with van der Waals surface area (Å²) in [5.41, 5.74) is 1.30. The molecule has 0 amide bonds. The lowest BCUT2D eigenvalue weighted by Gasteiger charge is -2.07. The molecule has 0 saturated heterocycles. The molecule has 0 bridgehead atoms. The van der Waals surface area contributed by atoms with Crippen LogP contribution in [-0.4, -0.2) is 6.29 Å². The number of hydrogen-bond acceptors (Lipinski definition) is 2. The van der Waals surface area contributed by atoms with E-state index in [0.29, 0.717) is 9.90 Å². The first-order valence-corrected chi connectivity index (χ1v) is 6.31. The molecule has 1 nitrogen and oxygen atoms in total. The molecule has 0 aliphatic rings. The Morgan fingerprint density at radius 1 is 1.35 bits per heavy atom. The van der Waals surface area contributed by atoms with Gasteiger partial charge in [-0.05, 0) is 29.8 Å². The molecule has 1 unspecified atom stereocenters. The minimum absolute atomic E-state index is 0.232. The summed E-state index contributed by atoms with van der Waals surface area (Å²) < 4.78 is 14.3. The topological polar surface area (TPSA) is 17.1 Å². The van der Waals surface area contributed by atoms with Crippen LogP contribution < -0.4 is 0 Å². The van der Waals surface area contributed by atoms with E-state index in [-0.39, 0.29) is 11.7 Å². The largest absolute Gasteiger partial charge is 0.303 e. The van der Waals surface area contributed by atoms with Gasteiger partial charge in [-0.25, -0.2) is 4.39 Å². The number of aldehydes is 1. The van der Waals surface area contributed by atoms with Gasteiger partial charge in [-0.3, -0.25) is 0 Å². The lowest BCUT2D eigenvalue weighted by Crippen LogP contribution is -1.95. The van der Waals surface area contributed by atoms with Crippen LogP contribution in [0.2, 0.25) is 4.34 Å². The number of hydrogen-bond donors (Lipinski definition) is 0. The third kappa shape index (κ3) is 2.56. The second-order valence-corrected chi connectivity index (χ2v) is 5.48. The standard InChI is InChI=1S/C13H10ClFOS/c1-8(7-16)9-2-3-11(15)10(6-9)12-4-5-13(14)17-12/h2-8H,1H3. The minimum Gasteiger partial charge on any atom is -0.303 e. The molecule has 0 N–H and O–H groups in total. The minimum atomic E-state index is -0.301. The maximum absolute atomic E-state index is 13.7. The number of carbonyl (C=O) groups excluding carboxylic acids is 1. The summed E-state index contributed by atoms with van der Waals surface area (Å²) in [5, 5.41) is 0. The molecule has 1 atom stereocenters. The summed E-state index contributed by atoms with van der Waals surface area (Å²) >= 11 is 7.15. The van der Waals surface area contributed by atoms with Gasteiger partial charge < -0.3 is 4.79 Å². The lowest BCUT2D eigenvalue weighted by molar-refractivity contribution is -0.108. The highest BCUT2D eigenvalue weighted by Crippen LogP contribution is 2.34. The van der Waals surface area contributed by atoms with Gasteiger partial charge in [0.25, 0.3) is 0 Å². The zero-order chi connectivity index (χ0) is 12.4. The zero-order valence-electron chi connectivity index (χ0n) is 9.11. The van der Waals surface area contributed by atoms with Crippen molar-refractivity contribution in [2.24, 2.45) is 0 Å². The van der Waals surface area contributed by atoms with Gasteiger partial charge in [0.05, 0.1) is 4.34 Å². The molecule has 4 heteroatoms. The molecule has 0 spiro atoms. The fourth-order valence-corrected chi connectivity index (χ4v) is 2.61. The number of carbonyl (C=O) groups is 1. The maximum atomic E-state index is 13.7. The Morgan fingerprint density at radius 2 is 2.12 bits per heavy atom. The first kappa shape index (κ1) is 12.3. The van der Waals surface area contributed by atoms with E-state index in [4.69, 9.17) is 11.6 Å². The van der Waals surface area contributed by atoms with Crippen molar-refractivity contribution in [1.29, 1.82) is 0 Å². The van der Waals surface area contributed by atoms with Crippen molar-refractivity contribution >= 4 is 29.2 Å². The first-order chi connectivity index (χ1) is 8.11. The molecule has 0 aliphatic heterocycles. The highest BCUT2D eigenvalue weighted by Gasteiger charge is 2.11. The molecule has 1 aromatic carbocycles. The summed E-state index contributed by atoms with van der Waals surface area (Å²) in [6.07, 6.45) is 0.846. The van der Waals surface area contributed by atoms with Crippen LogP contribution in [0.3, 0.4) is 0 Å². The molecule has 0 saturated carbocycles. The van der Waals surface area contributed by atoms with Crippen LogP contribution in [-0.2, 0) is 4.79 Å². The Bertz CT molecular complexity index is 550. The van der Waals surface area contributed by atoms with Crippen molar-refractivity contribution in [3.63, 3.8) is 0 Å². The van der Waals surface area contributed by atoms with Crippen LogP contribution in [0.15, 0.2) is 30.3 Å². The Morgan fingerprint density at radius 3 is 2.71 bits per heavy atom.